The second-order valence-corrected chi connectivity index (χ2v) is 6.28. The average Bonchev–Trinajstić information content (AvgIpc) is 3.35. The Kier molecular flexibility index (Phi) is 4.90. The highest BCUT2D eigenvalue weighted by atomic mass is 19.1. The molecule has 4 rings (SSSR count). The SMILES string of the molecule is COCc1c(C(=O)NCc2ccc(-n3ccnc3)c(F)c2)oc2ccccc12. The summed E-state index contributed by atoms with van der Waals surface area (Å²) in [6.45, 7) is 0.428. The van der Waals surface area contributed by atoms with Gasteiger partial charge in [0.2, 0.25) is 0 Å². The Balaban J connectivity index is 1.53. The van der Waals surface area contributed by atoms with E-state index < -0.39 is 5.82 Å². The number of aromatic nitrogens is 2. The maximum Gasteiger partial charge on any atom is 0.287 e. The second-order valence-electron chi connectivity index (χ2n) is 6.28. The van der Waals surface area contributed by atoms with E-state index in [9.17, 15) is 9.18 Å². The molecule has 0 aliphatic rings. The lowest BCUT2D eigenvalue weighted by atomic mass is 10.1. The van der Waals surface area contributed by atoms with E-state index in [1.807, 2.05) is 18.2 Å². The summed E-state index contributed by atoms with van der Waals surface area (Å²) >= 11 is 0. The standard InChI is InChI=1S/C21H18FN3O3/c1-27-12-16-15-4-2-3-5-19(15)28-20(16)21(26)24-11-14-6-7-18(17(22)10-14)25-9-8-23-13-25/h2-10,13H,11-12H2,1H3,(H,24,26). The van der Waals surface area contributed by atoms with Crippen LogP contribution in [0.15, 0.2) is 65.6 Å². The summed E-state index contributed by atoms with van der Waals surface area (Å²) in [7, 11) is 1.56. The molecule has 0 bridgehead atoms. The third-order valence-corrected chi connectivity index (χ3v) is 4.44. The third kappa shape index (κ3) is 3.39. The summed E-state index contributed by atoms with van der Waals surface area (Å²) in [6, 6.07) is 12.2. The van der Waals surface area contributed by atoms with Crippen molar-refractivity contribution in [1.82, 2.24) is 14.9 Å². The molecule has 6 nitrogen and oxygen atoms in total. The van der Waals surface area contributed by atoms with Crippen LogP contribution in [0.1, 0.15) is 21.7 Å². The number of carbonyl (C=O) groups excluding carboxylic acids is 1. The minimum Gasteiger partial charge on any atom is -0.451 e. The van der Waals surface area contributed by atoms with Gasteiger partial charge in [0, 0.05) is 37.0 Å². The van der Waals surface area contributed by atoms with Gasteiger partial charge in [-0.15, -0.1) is 0 Å². The van der Waals surface area contributed by atoms with Gasteiger partial charge in [-0.3, -0.25) is 4.79 Å². The van der Waals surface area contributed by atoms with E-state index in [0.29, 0.717) is 22.4 Å². The van der Waals surface area contributed by atoms with Crippen LogP contribution in [0.4, 0.5) is 4.39 Å². The molecule has 1 N–H and O–H groups in total. The van der Waals surface area contributed by atoms with Crippen LogP contribution in [0.25, 0.3) is 16.7 Å². The van der Waals surface area contributed by atoms with Gasteiger partial charge in [0.05, 0.1) is 18.6 Å². The molecule has 0 aliphatic carbocycles. The number of furan rings is 1. The van der Waals surface area contributed by atoms with E-state index in [0.717, 1.165) is 5.39 Å². The van der Waals surface area contributed by atoms with Crippen LogP contribution >= 0.6 is 0 Å². The van der Waals surface area contributed by atoms with Gasteiger partial charge in [0.25, 0.3) is 5.91 Å². The molecule has 0 atom stereocenters. The van der Waals surface area contributed by atoms with Crippen LogP contribution in [0, 0.1) is 5.82 Å². The lowest BCUT2D eigenvalue weighted by Gasteiger charge is -2.08. The summed E-state index contributed by atoms with van der Waals surface area (Å²) in [5.74, 6) is -0.561. The molecule has 0 saturated heterocycles. The van der Waals surface area contributed by atoms with Crippen LogP contribution in [-0.2, 0) is 17.9 Å². The van der Waals surface area contributed by atoms with Gasteiger partial charge in [-0.2, -0.15) is 0 Å². The van der Waals surface area contributed by atoms with Crippen LogP contribution < -0.4 is 5.32 Å². The van der Waals surface area contributed by atoms with E-state index in [-0.39, 0.29) is 24.8 Å². The smallest absolute Gasteiger partial charge is 0.287 e. The number of nitrogens with zero attached hydrogens (tertiary/aromatic N) is 2. The Morgan fingerprint density at radius 2 is 2.14 bits per heavy atom. The molecule has 0 spiro atoms. The van der Waals surface area contributed by atoms with Gasteiger partial charge in [-0.1, -0.05) is 24.3 Å². The number of rotatable bonds is 6. The van der Waals surface area contributed by atoms with Gasteiger partial charge >= 0.3 is 0 Å². The van der Waals surface area contributed by atoms with Gasteiger partial charge in [0.15, 0.2) is 5.76 Å². The van der Waals surface area contributed by atoms with Crippen molar-refractivity contribution in [1.29, 1.82) is 0 Å². The molecule has 2 aromatic heterocycles. The van der Waals surface area contributed by atoms with Crippen molar-refractivity contribution in [2.45, 2.75) is 13.2 Å². The fourth-order valence-corrected chi connectivity index (χ4v) is 3.10. The number of halogens is 1. The zero-order chi connectivity index (χ0) is 19.5. The van der Waals surface area contributed by atoms with E-state index in [1.165, 1.54) is 12.4 Å². The summed E-state index contributed by atoms with van der Waals surface area (Å²) in [4.78, 5) is 16.6. The molecule has 28 heavy (non-hydrogen) atoms. The number of imidazole rings is 1. The maximum atomic E-state index is 14.4. The molecule has 4 aromatic rings. The van der Waals surface area contributed by atoms with Crippen molar-refractivity contribution in [3.05, 3.63) is 83.9 Å². The van der Waals surface area contributed by atoms with Crippen LogP contribution in [0.5, 0.6) is 0 Å². The number of fused-ring (bicyclic) bond motifs is 1. The van der Waals surface area contributed by atoms with Crippen LogP contribution in [0.2, 0.25) is 0 Å². The fraction of sp³-hybridized carbons (Fsp3) is 0.143. The summed E-state index contributed by atoms with van der Waals surface area (Å²) in [5, 5.41) is 3.62. The predicted octanol–water partition coefficient (Wildman–Crippen LogP) is 3.83. The minimum absolute atomic E-state index is 0.170. The largest absolute Gasteiger partial charge is 0.451 e. The predicted molar refractivity (Wildman–Crippen MR) is 102 cm³/mol. The topological polar surface area (TPSA) is 69.3 Å². The monoisotopic (exact) mass is 379 g/mol. The number of ether oxygens (including phenoxy) is 1. The normalized spacial score (nSPS) is 11.1. The summed E-state index contributed by atoms with van der Waals surface area (Å²) < 4.78 is 26.9. The number of nitrogens with one attached hydrogen (secondary N) is 1. The first-order valence-electron chi connectivity index (χ1n) is 8.71. The zero-order valence-corrected chi connectivity index (χ0v) is 15.2. The molecular formula is C21H18FN3O3. The molecule has 142 valence electrons. The van der Waals surface area contributed by atoms with Crippen molar-refractivity contribution in [3.8, 4) is 5.69 Å². The Morgan fingerprint density at radius 1 is 1.29 bits per heavy atom. The van der Waals surface area contributed by atoms with Crippen molar-refractivity contribution in [3.63, 3.8) is 0 Å². The molecule has 0 fully saturated rings. The van der Waals surface area contributed by atoms with Gasteiger partial charge in [-0.05, 0) is 23.8 Å². The number of hydrogen-bond donors (Lipinski definition) is 1. The number of hydrogen-bond acceptors (Lipinski definition) is 4. The van der Waals surface area contributed by atoms with Gasteiger partial charge < -0.3 is 19.0 Å². The Labute approximate surface area is 160 Å². The number of para-hydroxylation sites is 1. The van der Waals surface area contributed by atoms with Gasteiger partial charge in [0.1, 0.15) is 11.4 Å². The first-order valence-corrected chi connectivity index (χ1v) is 8.71. The highest BCUT2D eigenvalue weighted by molar-refractivity contribution is 5.99. The van der Waals surface area contributed by atoms with Crippen LogP contribution in [-0.4, -0.2) is 22.6 Å². The maximum absolute atomic E-state index is 14.4. The van der Waals surface area contributed by atoms with Crippen molar-refractivity contribution >= 4 is 16.9 Å². The number of benzene rings is 2. The molecule has 1 amide bonds. The van der Waals surface area contributed by atoms with Crippen molar-refractivity contribution in [2.24, 2.45) is 0 Å². The fourth-order valence-electron chi connectivity index (χ4n) is 3.10. The van der Waals surface area contributed by atoms with Crippen molar-refractivity contribution < 1.29 is 18.3 Å². The quantitative estimate of drug-likeness (QED) is 0.553. The van der Waals surface area contributed by atoms with E-state index in [1.54, 1.807) is 42.3 Å². The molecular weight excluding hydrogens is 361 g/mol. The van der Waals surface area contributed by atoms with Crippen molar-refractivity contribution in [2.75, 3.05) is 7.11 Å². The average molecular weight is 379 g/mol. The minimum atomic E-state index is -0.395. The molecule has 0 radical (unpaired) electrons. The lowest BCUT2D eigenvalue weighted by Crippen LogP contribution is -2.23. The first kappa shape index (κ1) is 17.9. The zero-order valence-electron chi connectivity index (χ0n) is 15.2. The molecule has 2 aromatic carbocycles. The Hall–Kier alpha value is -3.45. The summed E-state index contributed by atoms with van der Waals surface area (Å²) in [6.07, 6.45) is 4.77. The molecule has 2 heterocycles. The Bertz CT molecular complexity index is 1120. The third-order valence-electron chi connectivity index (χ3n) is 4.44. The first-order chi connectivity index (χ1) is 13.7. The van der Waals surface area contributed by atoms with Crippen LogP contribution in [0.3, 0.4) is 0 Å². The van der Waals surface area contributed by atoms with E-state index >= 15 is 0 Å². The molecule has 0 unspecified atom stereocenters. The molecule has 0 saturated carbocycles. The highest BCUT2D eigenvalue weighted by Gasteiger charge is 2.20. The summed E-state index contributed by atoms with van der Waals surface area (Å²) in [5.41, 5.74) is 2.35. The number of amides is 1. The highest BCUT2D eigenvalue weighted by Crippen LogP contribution is 2.26. The van der Waals surface area contributed by atoms with E-state index in [2.05, 4.69) is 10.3 Å². The number of carbonyl (C=O) groups is 1. The number of methoxy groups -OCH3 is 1. The lowest BCUT2D eigenvalue weighted by molar-refractivity contribution is 0.0918. The Morgan fingerprint density at radius 3 is 2.89 bits per heavy atom. The van der Waals surface area contributed by atoms with E-state index in [4.69, 9.17) is 9.15 Å². The van der Waals surface area contributed by atoms with Gasteiger partial charge in [-0.25, -0.2) is 9.37 Å². The molecule has 7 heteroatoms. The molecule has 0 aliphatic heterocycles. The second kappa shape index (κ2) is 7.66.